The molecule has 5 nitrogen and oxygen atoms in total. The number of amides is 2. The maximum atomic E-state index is 12.8. The molecule has 0 bridgehead atoms. The molecule has 1 saturated heterocycles. The molecule has 2 aromatic carbocycles. The summed E-state index contributed by atoms with van der Waals surface area (Å²) in [6.07, 6.45) is 1.99. The van der Waals surface area contributed by atoms with Gasteiger partial charge in [-0.2, -0.15) is 0 Å². The monoisotopic (exact) mass is 414 g/mol. The number of nitrogens with zero attached hydrogens (tertiary/aromatic N) is 1. The van der Waals surface area contributed by atoms with E-state index in [-0.39, 0.29) is 23.7 Å². The fourth-order valence-corrected chi connectivity index (χ4v) is 4.03. The molecule has 0 aliphatic carbocycles. The van der Waals surface area contributed by atoms with E-state index in [4.69, 9.17) is 22.1 Å². The summed E-state index contributed by atoms with van der Waals surface area (Å²) in [7, 11) is 0. The fourth-order valence-electron chi connectivity index (χ4n) is 3.85. The van der Waals surface area contributed by atoms with Crippen molar-refractivity contribution >= 4 is 23.4 Å². The molecule has 3 rings (SSSR count). The van der Waals surface area contributed by atoms with E-state index in [9.17, 15) is 9.59 Å². The number of piperidine rings is 1. The van der Waals surface area contributed by atoms with Gasteiger partial charge in [0.15, 0.2) is 0 Å². The van der Waals surface area contributed by atoms with Gasteiger partial charge in [-0.05, 0) is 49.1 Å². The second kappa shape index (κ2) is 9.31. The molecule has 0 radical (unpaired) electrons. The van der Waals surface area contributed by atoms with E-state index >= 15 is 0 Å². The van der Waals surface area contributed by atoms with E-state index in [1.54, 1.807) is 12.1 Å². The second-order valence-electron chi connectivity index (χ2n) is 7.87. The van der Waals surface area contributed by atoms with Crippen molar-refractivity contribution in [2.75, 3.05) is 19.7 Å². The molecular formula is C23H27ClN2O3. The minimum absolute atomic E-state index is 0.114. The summed E-state index contributed by atoms with van der Waals surface area (Å²) in [5.74, 6) is 0.432. The Bertz CT molecular complexity index is 876. The lowest BCUT2D eigenvalue weighted by Crippen LogP contribution is -2.47. The van der Waals surface area contributed by atoms with Crippen LogP contribution in [0, 0.1) is 12.3 Å². The minimum atomic E-state index is -0.367. The summed E-state index contributed by atoms with van der Waals surface area (Å²) in [5.41, 5.74) is 7.32. The topological polar surface area (TPSA) is 72.6 Å². The summed E-state index contributed by atoms with van der Waals surface area (Å²) < 4.78 is 5.94. The zero-order valence-corrected chi connectivity index (χ0v) is 17.5. The van der Waals surface area contributed by atoms with Gasteiger partial charge < -0.3 is 15.4 Å². The predicted molar refractivity (Wildman–Crippen MR) is 114 cm³/mol. The van der Waals surface area contributed by atoms with Crippen molar-refractivity contribution in [3.8, 4) is 5.75 Å². The van der Waals surface area contributed by atoms with Gasteiger partial charge >= 0.3 is 0 Å². The van der Waals surface area contributed by atoms with Crippen molar-refractivity contribution in [2.45, 2.75) is 32.6 Å². The third kappa shape index (κ3) is 5.73. The standard InChI is InChI=1S/C23H27ClN2O3/c1-17-5-2-3-6-18(17)13-22(28)26-11-9-23(10-12-26,15-21(25)27)16-29-20-8-4-7-19(24)14-20/h2-8,14H,9-13,15-16H2,1H3,(H2,25,27). The molecule has 1 aliphatic heterocycles. The highest BCUT2D eigenvalue weighted by atomic mass is 35.5. The van der Waals surface area contributed by atoms with Crippen molar-refractivity contribution in [1.29, 1.82) is 0 Å². The summed E-state index contributed by atoms with van der Waals surface area (Å²) in [6, 6.07) is 15.1. The molecular weight excluding hydrogens is 388 g/mol. The Labute approximate surface area is 176 Å². The van der Waals surface area contributed by atoms with Gasteiger partial charge in [-0.1, -0.05) is 41.9 Å². The maximum absolute atomic E-state index is 12.8. The molecule has 1 aliphatic rings. The van der Waals surface area contributed by atoms with Crippen molar-refractivity contribution in [3.05, 3.63) is 64.7 Å². The third-order valence-corrected chi connectivity index (χ3v) is 5.91. The van der Waals surface area contributed by atoms with Gasteiger partial charge in [-0.25, -0.2) is 0 Å². The van der Waals surface area contributed by atoms with E-state index in [0.717, 1.165) is 11.1 Å². The molecule has 0 spiro atoms. The van der Waals surface area contributed by atoms with Gasteiger partial charge in [0.05, 0.1) is 13.0 Å². The lowest BCUT2D eigenvalue weighted by Gasteiger charge is -2.41. The summed E-state index contributed by atoms with van der Waals surface area (Å²) in [6.45, 7) is 3.58. The first-order valence-corrected chi connectivity index (χ1v) is 10.2. The minimum Gasteiger partial charge on any atom is -0.493 e. The molecule has 1 heterocycles. The van der Waals surface area contributed by atoms with Crippen molar-refractivity contribution in [2.24, 2.45) is 11.1 Å². The van der Waals surface area contributed by atoms with Gasteiger partial charge in [-0.3, -0.25) is 9.59 Å². The Kier molecular flexibility index (Phi) is 6.80. The first kappa shape index (κ1) is 21.2. The lowest BCUT2D eigenvalue weighted by molar-refractivity contribution is -0.133. The Morgan fingerprint density at radius 1 is 1.14 bits per heavy atom. The molecule has 0 unspecified atom stereocenters. The normalized spacial score (nSPS) is 15.7. The van der Waals surface area contributed by atoms with Crippen LogP contribution >= 0.6 is 11.6 Å². The first-order valence-electron chi connectivity index (χ1n) is 9.86. The van der Waals surface area contributed by atoms with Crippen LogP contribution in [0.5, 0.6) is 5.75 Å². The van der Waals surface area contributed by atoms with Gasteiger partial charge in [0.1, 0.15) is 5.75 Å². The summed E-state index contributed by atoms with van der Waals surface area (Å²) in [4.78, 5) is 26.3. The van der Waals surface area contributed by atoms with Crippen LogP contribution in [0.3, 0.4) is 0 Å². The van der Waals surface area contributed by atoms with Crippen molar-refractivity contribution < 1.29 is 14.3 Å². The smallest absolute Gasteiger partial charge is 0.226 e. The number of hydrogen-bond acceptors (Lipinski definition) is 3. The maximum Gasteiger partial charge on any atom is 0.226 e. The molecule has 1 fully saturated rings. The average molecular weight is 415 g/mol. The number of ether oxygens (including phenoxy) is 1. The third-order valence-electron chi connectivity index (χ3n) is 5.67. The molecule has 2 aromatic rings. The number of hydrogen-bond donors (Lipinski definition) is 1. The van der Waals surface area contributed by atoms with E-state index in [1.807, 2.05) is 48.2 Å². The van der Waals surface area contributed by atoms with Gasteiger partial charge in [-0.15, -0.1) is 0 Å². The van der Waals surface area contributed by atoms with Crippen LogP contribution in [0.4, 0.5) is 0 Å². The number of primary amides is 1. The zero-order chi connectivity index (χ0) is 20.9. The van der Waals surface area contributed by atoms with E-state index < -0.39 is 0 Å². The lowest BCUT2D eigenvalue weighted by atomic mass is 9.76. The van der Waals surface area contributed by atoms with Crippen LogP contribution in [0.2, 0.25) is 5.02 Å². The van der Waals surface area contributed by atoms with Crippen LogP contribution in [0.15, 0.2) is 48.5 Å². The Balaban J connectivity index is 1.62. The fraction of sp³-hybridized carbons (Fsp3) is 0.391. The quantitative estimate of drug-likeness (QED) is 0.749. The van der Waals surface area contributed by atoms with Gasteiger partial charge in [0, 0.05) is 29.9 Å². The Morgan fingerprint density at radius 2 is 1.86 bits per heavy atom. The number of rotatable bonds is 7. The van der Waals surface area contributed by atoms with E-state index in [1.165, 1.54) is 0 Å². The Morgan fingerprint density at radius 3 is 2.52 bits per heavy atom. The molecule has 2 N–H and O–H groups in total. The van der Waals surface area contributed by atoms with Crippen molar-refractivity contribution in [3.63, 3.8) is 0 Å². The molecule has 0 saturated carbocycles. The molecule has 0 aromatic heterocycles. The number of nitrogens with two attached hydrogens (primary N) is 1. The van der Waals surface area contributed by atoms with E-state index in [2.05, 4.69) is 0 Å². The number of carbonyl (C=O) groups is 2. The Hall–Kier alpha value is -2.53. The number of benzene rings is 2. The number of halogens is 1. The molecule has 0 atom stereocenters. The highest BCUT2D eigenvalue weighted by Gasteiger charge is 2.38. The number of likely N-dealkylation sites (tertiary alicyclic amines) is 1. The molecule has 154 valence electrons. The number of aryl methyl sites for hydroxylation is 1. The van der Waals surface area contributed by atoms with Crippen molar-refractivity contribution in [1.82, 2.24) is 4.90 Å². The highest BCUT2D eigenvalue weighted by Crippen LogP contribution is 2.36. The largest absolute Gasteiger partial charge is 0.493 e. The average Bonchev–Trinajstić information content (AvgIpc) is 2.68. The van der Waals surface area contributed by atoms with Crippen LogP contribution in [0.25, 0.3) is 0 Å². The molecule has 6 heteroatoms. The van der Waals surface area contributed by atoms with Gasteiger partial charge in [0.2, 0.25) is 11.8 Å². The first-order chi connectivity index (χ1) is 13.9. The molecule has 2 amide bonds. The van der Waals surface area contributed by atoms with Crippen LogP contribution in [0.1, 0.15) is 30.4 Å². The summed E-state index contributed by atoms with van der Waals surface area (Å²) in [5, 5.41) is 0.600. The second-order valence-corrected chi connectivity index (χ2v) is 8.31. The summed E-state index contributed by atoms with van der Waals surface area (Å²) >= 11 is 6.02. The highest BCUT2D eigenvalue weighted by molar-refractivity contribution is 6.30. The predicted octanol–water partition coefficient (Wildman–Crippen LogP) is 3.75. The van der Waals surface area contributed by atoms with E-state index in [0.29, 0.717) is 49.7 Å². The SMILES string of the molecule is Cc1ccccc1CC(=O)N1CCC(COc2cccc(Cl)c2)(CC(N)=O)CC1. The zero-order valence-electron chi connectivity index (χ0n) is 16.7. The van der Waals surface area contributed by atoms with Crippen LogP contribution in [-0.2, 0) is 16.0 Å². The van der Waals surface area contributed by atoms with Gasteiger partial charge in [0.25, 0.3) is 0 Å². The number of carbonyl (C=O) groups excluding carboxylic acids is 2. The van der Waals surface area contributed by atoms with Crippen LogP contribution in [-0.4, -0.2) is 36.4 Å². The molecule has 29 heavy (non-hydrogen) atoms. The van der Waals surface area contributed by atoms with Crippen LogP contribution < -0.4 is 10.5 Å².